The van der Waals surface area contributed by atoms with E-state index in [0.717, 1.165) is 12.8 Å². The fraction of sp³-hybridized carbons (Fsp3) is 0.429. The summed E-state index contributed by atoms with van der Waals surface area (Å²) in [5, 5.41) is 19.6. The molecule has 1 aromatic rings. The Labute approximate surface area is 121 Å². The van der Waals surface area contributed by atoms with Crippen LogP contribution in [0.4, 0.5) is 5.69 Å². The maximum absolute atomic E-state index is 12.4. The monoisotopic (exact) mass is 292 g/mol. The van der Waals surface area contributed by atoms with E-state index in [1.807, 2.05) is 0 Å². The van der Waals surface area contributed by atoms with Crippen LogP contribution in [-0.4, -0.2) is 39.9 Å². The SMILES string of the molecule is O=C(O)CC1CCCN(C(=O)c2cccc([N+](=O)[O-])c2)C1. The van der Waals surface area contributed by atoms with Crippen molar-refractivity contribution in [1.82, 2.24) is 4.90 Å². The Morgan fingerprint density at radius 3 is 2.86 bits per heavy atom. The van der Waals surface area contributed by atoms with Crippen LogP contribution in [0.5, 0.6) is 0 Å². The molecule has 1 aromatic carbocycles. The number of carboxylic acids is 1. The number of nitro groups is 1. The maximum atomic E-state index is 12.4. The number of likely N-dealkylation sites (tertiary alicyclic amines) is 1. The number of nitrogens with zero attached hydrogens (tertiary/aromatic N) is 2. The van der Waals surface area contributed by atoms with Crippen molar-refractivity contribution in [3.05, 3.63) is 39.9 Å². The molecule has 0 aliphatic carbocycles. The highest BCUT2D eigenvalue weighted by Crippen LogP contribution is 2.22. The Morgan fingerprint density at radius 2 is 2.19 bits per heavy atom. The Bertz CT molecular complexity index is 572. The predicted molar refractivity (Wildman–Crippen MR) is 74.0 cm³/mol. The number of carbonyl (C=O) groups excluding carboxylic acids is 1. The molecule has 1 amide bonds. The Hall–Kier alpha value is -2.44. The van der Waals surface area contributed by atoms with Gasteiger partial charge in [0.1, 0.15) is 0 Å². The highest BCUT2D eigenvalue weighted by molar-refractivity contribution is 5.94. The van der Waals surface area contributed by atoms with E-state index in [4.69, 9.17) is 5.11 Å². The second-order valence-corrected chi connectivity index (χ2v) is 5.16. The highest BCUT2D eigenvalue weighted by atomic mass is 16.6. The van der Waals surface area contributed by atoms with Crippen LogP contribution in [0.15, 0.2) is 24.3 Å². The van der Waals surface area contributed by atoms with Crippen LogP contribution in [0.1, 0.15) is 29.6 Å². The third-order valence-corrected chi connectivity index (χ3v) is 3.57. The van der Waals surface area contributed by atoms with Crippen molar-refractivity contribution in [2.45, 2.75) is 19.3 Å². The molecule has 2 rings (SSSR count). The Balaban J connectivity index is 2.10. The van der Waals surface area contributed by atoms with Gasteiger partial charge in [-0.25, -0.2) is 0 Å². The van der Waals surface area contributed by atoms with Crippen LogP contribution in [0.2, 0.25) is 0 Å². The van der Waals surface area contributed by atoms with Crippen molar-refractivity contribution in [2.75, 3.05) is 13.1 Å². The minimum Gasteiger partial charge on any atom is -0.481 e. The van der Waals surface area contributed by atoms with E-state index >= 15 is 0 Å². The van der Waals surface area contributed by atoms with E-state index in [1.54, 1.807) is 4.90 Å². The first-order valence-corrected chi connectivity index (χ1v) is 6.73. The van der Waals surface area contributed by atoms with Gasteiger partial charge in [-0.05, 0) is 24.8 Å². The minimum atomic E-state index is -0.871. The van der Waals surface area contributed by atoms with E-state index in [9.17, 15) is 19.7 Å². The molecule has 0 spiro atoms. The van der Waals surface area contributed by atoms with Crippen molar-refractivity contribution >= 4 is 17.6 Å². The summed E-state index contributed by atoms with van der Waals surface area (Å²) in [5.74, 6) is -1.21. The molecule has 1 saturated heterocycles. The molecular weight excluding hydrogens is 276 g/mol. The number of rotatable bonds is 4. The van der Waals surface area contributed by atoms with Gasteiger partial charge in [0.05, 0.1) is 4.92 Å². The van der Waals surface area contributed by atoms with Gasteiger partial charge in [-0.2, -0.15) is 0 Å². The topological polar surface area (TPSA) is 101 Å². The smallest absolute Gasteiger partial charge is 0.303 e. The van der Waals surface area contributed by atoms with Crippen LogP contribution in [-0.2, 0) is 4.79 Å². The number of piperidine rings is 1. The van der Waals surface area contributed by atoms with Crippen LogP contribution in [0, 0.1) is 16.0 Å². The largest absolute Gasteiger partial charge is 0.481 e. The number of carboxylic acid groups (broad SMARTS) is 1. The number of hydrogen-bond acceptors (Lipinski definition) is 4. The fourth-order valence-corrected chi connectivity index (χ4v) is 2.60. The van der Waals surface area contributed by atoms with Crippen LogP contribution < -0.4 is 0 Å². The lowest BCUT2D eigenvalue weighted by Gasteiger charge is -2.32. The second-order valence-electron chi connectivity index (χ2n) is 5.16. The number of nitro benzene ring substituents is 1. The number of benzene rings is 1. The van der Waals surface area contributed by atoms with Gasteiger partial charge in [0, 0.05) is 37.2 Å². The summed E-state index contributed by atoms with van der Waals surface area (Å²) in [7, 11) is 0. The summed E-state index contributed by atoms with van der Waals surface area (Å²) in [6.07, 6.45) is 1.57. The van der Waals surface area contributed by atoms with Crippen LogP contribution in [0.3, 0.4) is 0 Å². The van der Waals surface area contributed by atoms with Gasteiger partial charge in [-0.15, -0.1) is 0 Å². The van der Waals surface area contributed by atoms with Crippen LogP contribution in [0.25, 0.3) is 0 Å². The normalized spacial score (nSPS) is 18.3. The third kappa shape index (κ3) is 3.77. The molecule has 1 aliphatic heterocycles. The van der Waals surface area contributed by atoms with E-state index in [2.05, 4.69) is 0 Å². The number of non-ortho nitro benzene ring substituents is 1. The number of carbonyl (C=O) groups is 2. The lowest BCUT2D eigenvalue weighted by atomic mass is 9.94. The van der Waals surface area contributed by atoms with Gasteiger partial charge in [0.2, 0.25) is 0 Å². The minimum absolute atomic E-state index is 0.0404. The number of aliphatic carboxylic acids is 1. The molecule has 21 heavy (non-hydrogen) atoms. The molecule has 1 atom stereocenters. The molecule has 7 nitrogen and oxygen atoms in total. The summed E-state index contributed by atoms with van der Waals surface area (Å²) < 4.78 is 0. The van der Waals surface area contributed by atoms with E-state index in [1.165, 1.54) is 24.3 Å². The molecule has 0 aromatic heterocycles. The Morgan fingerprint density at radius 1 is 1.43 bits per heavy atom. The zero-order valence-electron chi connectivity index (χ0n) is 11.4. The number of hydrogen-bond donors (Lipinski definition) is 1. The molecular formula is C14H16N2O5. The molecule has 1 aliphatic rings. The lowest BCUT2D eigenvalue weighted by molar-refractivity contribution is -0.384. The molecule has 7 heteroatoms. The van der Waals surface area contributed by atoms with Gasteiger partial charge < -0.3 is 10.0 Å². The van der Waals surface area contributed by atoms with Crippen molar-refractivity contribution < 1.29 is 19.6 Å². The van der Waals surface area contributed by atoms with Crippen LogP contribution >= 0.6 is 0 Å². The first-order valence-electron chi connectivity index (χ1n) is 6.73. The highest BCUT2D eigenvalue weighted by Gasteiger charge is 2.26. The predicted octanol–water partition coefficient (Wildman–Crippen LogP) is 1.92. The summed E-state index contributed by atoms with van der Waals surface area (Å²) >= 11 is 0. The first-order chi connectivity index (χ1) is 9.97. The molecule has 0 saturated carbocycles. The van der Waals surface area contributed by atoms with E-state index < -0.39 is 10.9 Å². The zero-order valence-corrected chi connectivity index (χ0v) is 11.4. The summed E-state index contributed by atoms with van der Waals surface area (Å²) in [6, 6.07) is 5.60. The van der Waals surface area contributed by atoms with Gasteiger partial charge in [0.25, 0.3) is 11.6 Å². The third-order valence-electron chi connectivity index (χ3n) is 3.57. The molecule has 1 fully saturated rings. The fourth-order valence-electron chi connectivity index (χ4n) is 2.60. The van der Waals surface area contributed by atoms with Gasteiger partial charge >= 0.3 is 5.97 Å². The molecule has 1 N–H and O–H groups in total. The van der Waals surface area contributed by atoms with E-state index in [0.29, 0.717) is 13.1 Å². The van der Waals surface area contributed by atoms with E-state index in [-0.39, 0.29) is 29.5 Å². The molecule has 0 radical (unpaired) electrons. The average Bonchev–Trinajstić information content (AvgIpc) is 2.46. The van der Waals surface area contributed by atoms with Gasteiger partial charge in [0.15, 0.2) is 0 Å². The zero-order chi connectivity index (χ0) is 15.4. The molecule has 0 bridgehead atoms. The number of amides is 1. The second kappa shape index (κ2) is 6.34. The van der Waals surface area contributed by atoms with Crippen molar-refractivity contribution in [2.24, 2.45) is 5.92 Å². The summed E-state index contributed by atoms with van der Waals surface area (Å²) in [5.41, 5.74) is 0.139. The molecule has 1 unspecified atom stereocenters. The quantitative estimate of drug-likeness (QED) is 0.675. The van der Waals surface area contributed by atoms with Gasteiger partial charge in [-0.1, -0.05) is 6.07 Å². The lowest BCUT2D eigenvalue weighted by Crippen LogP contribution is -2.40. The first kappa shape index (κ1) is 15.0. The standard InChI is InChI=1S/C14H16N2O5/c17-13(18)7-10-3-2-6-15(9-10)14(19)11-4-1-5-12(8-11)16(20)21/h1,4-5,8,10H,2-3,6-7,9H2,(H,17,18). The summed E-state index contributed by atoms with van der Waals surface area (Å²) in [4.78, 5) is 34.9. The molecule has 1 heterocycles. The maximum Gasteiger partial charge on any atom is 0.303 e. The van der Waals surface area contributed by atoms with Crippen molar-refractivity contribution in [1.29, 1.82) is 0 Å². The molecule has 112 valence electrons. The van der Waals surface area contributed by atoms with Crippen molar-refractivity contribution in [3.8, 4) is 0 Å². The Kier molecular flexibility index (Phi) is 4.52. The van der Waals surface area contributed by atoms with Crippen molar-refractivity contribution in [3.63, 3.8) is 0 Å². The summed E-state index contributed by atoms with van der Waals surface area (Å²) in [6.45, 7) is 0.936. The van der Waals surface area contributed by atoms with Gasteiger partial charge in [-0.3, -0.25) is 19.7 Å². The average molecular weight is 292 g/mol.